The summed E-state index contributed by atoms with van der Waals surface area (Å²) in [6.07, 6.45) is -1.58. The largest absolute Gasteiger partial charge is 0.378 e. The summed E-state index contributed by atoms with van der Waals surface area (Å²) in [5, 5.41) is 12.2. The molecule has 0 saturated carbocycles. The van der Waals surface area contributed by atoms with Crippen molar-refractivity contribution in [2.75, 3.05) is 37.5 Å². The highest BCUT2D eigenvalue weighted by atomic mass is 19.1. The lowest BCUT2D eigenvalue weighted by molar-refractivity contribution is -0.123. The van der Waals surface area contributed by atoms with Gasteiger partial charge in [0, 0.05) is 38.6 Å². The third kappa shape index (κ3) is 2.27. The molecule has 1 fully saturated rings. The third-order valence-corrected chi connectivity index (χ3v) is 4.08. The zero-order valence-corrected chi connectivity index (χ0v) is 11.8. The van der Waals surface area contributed by atoms with Crippen LogP contribution in [0.4, 0.5) is 15.8 Å². The van der Waals surface area contributed by atoms with Crippen molar-refractivity contribution in [1.29, 1.82) is 0 Å². The van der Waals surface area contributed by atoms with E-state index < -0.39 is 17.8 Å². The highest BCUT2D eigenvalue weighted by molar-refractivity contribution is 6.02. The molecular formula is C14H17FN2O4. The highest BCUT2D eigenvalue weighted by Crippen LogP contribution is 2.37. The number of amides is 1. The quantitative estimate of drug-likeness (QED) is 0.857. The van der Waals surface area contributed by atoms with E-state index in [1.807, 2.05) is 4.90 Å². The zero-order valence-electron chi connectivity index (χ0n) is 11.8. The molecular weight excluding hydrogens is 279 g/mol. The van der Waals surface area contributed by atoms with Gasteiger partial charge in [0.1, 0.15) is 18.0 Å². The van der Waals surface area contributed by atoms with Crippen LogP contribution in [0, 0.1) is 5.82 Å². The topological polar surface area (TPSA) is 71.0 Å². The van der Waals surface area contributed by atoms with Crippen LogP contribution < -0.4 is 10.2 Å². The standard InChI is InChI=1S/C14H17FN2O4/c1-20-11-5-17(6-12(11)21-2)10-4-9-7(3-8(10)15)13(18)14(19)16-9/h3-4,11-13,18H,5-6H2,1-2H3,(H,16,19). The summed E-state index contributed by atoms with van der Waals surface area (Å²) in [6, 6.07) is 2.75. The van der Waals surface area contributed by atoms with Crippen molar-refractivity contribution in [2.24, 2.45) is 0 Å². The first-order valence-electron chi connectivity index (χ1n) is 6.68. The van der Waals surface area contributed by atoms with E-state index in [4.69, 9.17) is 9.47 Å². The molecule has 1 amide bonds. The molecule has 3 unspecified atom stereocenters. The third-order valence-electron chi connectivity index (χ3n) is 4.08. The molecule has 2 aliphatic heterocycles. The van der Waals surface area contributed by atoms with E-state index in [9.17, 15) is 14.3 Å². The number of carbonyl (C=O) groups excluding carboxylic acids is 1. The van der Waals surface area contributed by atoms with Gasteiger partial charge in [0.2, 0.25) is 0 Å². The predicted octanol–water partition coefficient (Wildman–Crippen LogP) is 0.661. The fourth-order valence-corrected chi connectivity index (χ4v) is 2.89. The fourth-order valence-electron chi connectivity index (χ4n) is 2.89. The Bertz CT molecular complexity index is 568. The Hall–Kier alpha value is -1.70. The number of aliphatic hydroxyl groups is 1. The van der Waals surface area contributed by atoms with E-state index in [0.717, 1.165) is 0 Å². The number of hydrogen-bond donors (Lipinski definition) is 2. The summed E-state index contributed by atoms with van der Waals surface area (Å²) in [5.41, 5.74) is 1.08. The average molecular weight is 296 g/mol. The van der Waals surface area contributed by atoms with Crippen molar-refractivity contribution < 1.29 is 23.8 Å². The number of nitrogens with zero attached hydrogens (tertiary/aromatic N) is 1. The maximum absolute atomic E-state index is 14.3. The van der Waals surface area contributed by atoms with Crippen LogP contribution in [0.1, 0.15) is 11.7 Å². The van der Waals surface area contributed by atoms with E-state index in [1.165, 1.54) is 6.07 Å². The normalized spacial score (nSPS) is 27.9. The molecule has 3 rings (SSSR count). The Morgan fingerprint density at radius 3 is 2.48 bits per heavy atom. The van der Waals surface area contributed by atoms with Gasteiger partial charge in [0.25, 0.3) is 5.91 Å². The van der Waals surface area contributed by atoms with Crippen molar-refractivity contribution in [2.45, 2.75) is 18.3 Å². The van der Waals surface area contributed by atoms with Crippen LogP contribution in [0.15, 0.2) is 12.1 Å². The number of rotatable bonds is 3. The first-order valence-corrected chi connectivity index (χ1v) is 6.68. The zero-order chi connectivity index (χ0) is 15.1. The Labute approximate surface area is 121 Å². The molecule has 7 heteroatoms. The molecule has 2 aliphatic rings. The van der Waals surface area contributed by atoms with Crippen molar-refractivity contribution in [3.63, 3.8) is 0 Å². The van der Waals surface area contributed by atoms with Gasteiger partial charge in [-0.3, -0.25) is 4.79 Å². The highest BCUT2D eigenvalue weighted by Gasteiger charge is 2.36. The van der Waals surface area contributed by atoms with Gasteiger partial charge in [-0.1, -0.05) is 0 Å². The molecule has 6 nitrogen and oxygen atoms in total. The number of fused-ring (bicyclic) bond motifs is 1. The average Bonchev–Trinajstić information content (AvgIpc) is 3.01. The van der Waals surface area contributed by atoms with Crippen molar-refractivity contribution in [3.05, 3.63) is 23.5 Å². The molecule has 0 spiro atoms. The second kappa shape index (κ2) is 5.25. The number of halogens is 1. The van der Waals surface area contributed by atoms with Crippen LogP contribution in [0.25, 0.3) is 0 Å². The lowest BCUT2D eigenvalue weighted by Gasteiger charge is -2.20. The number of benzene rings is 1. The van der Waals surface area contributed by atoms with Gasteiger partial charge in [-0.25, -0.2) is 4.39 Å². The molecule has 1 aromatic rings. The number of anilines is 2. The number of carbonyl (C=O) groups is 1. The smallest absolute Gasteiger partial charge is 0.257 e. The molecule has 0 aromatic heterocycles. The lowest BCUT2D eigenvalue weighted by atomic mass is 10.1. The molecule has 1 saturated heterocycles. The number of hydrogen-bond acceptors (Lipinski definition) is 5. The Kier molecular flexibility index (Phi) is 3.56. The summed E-state index contributed by atoms with van der Waals surface area (Å²) >= 11 is 0. The van der Waals surface area contributed by atoms with Gasteiger partial charge in [-0.05, 0) is 12.1 Å². The minimum absolute atomic E-state index is 0.136. The minimum atomic E-state index is -1.31. The van der Waals surface area contributed by atoms with E-state index in [-0.39, 0.29) is 17.8 Å². The van der Waals surface area contributed by atoms with E-state index in [1.54, 1.807) is 20.3 Å². The Morgan fingerprint density at radius 1 is 1.29 bits per heavy atom. The van der Waals surface area contributed by atoms with E-state index >= 15 is 0 Å². The van der Waals surface area contributed by atoms with E-state index in [2.05, 4.69) is 5.32 Å². The molecule has 3 atom stereocenters. The Morgan fingerprint density at radius 2 is 1.90 bits per heavy atom. The summed E-state index contributed by atoms with van der Waals surface area (Å²) < 4.78 is 25.0. The number of aliphatic hydroxyl groups excluding tert-OH is 1. The number of nitrogens with one attached hydrogen (secondary N) is 1. The maximum Gasteiger partial charge on any atom is 0.257 e. The first-order chi connectivity index (χ1) is 10.0. The maximum atomic E-state index is 14.3. The monoisotopic (exact) mass is 296 g/mol. The van der Waals surface area contributed by atoms with Crippen molar-refractivity contribution in [1.82, 2.24) is 0 Å². The molecule has 2 N–H and O–H groups in total. The van der Waals surface area contributed by atoms with Gasteiger partial charge in [-0.15, -0.1) is 0 Å². The number of ether oxygens (including phenoxy) is 2. The van der Waals surface area contributed by atoms with Crippen LogP contribution in [-0.4, -0.2) is 50.5 Å². The van der Waals surface area contributed by atoms with Crippen LogP contribution in [0.3, 0.4) is 0 Å². The predicted molar refractivity (Wildman–Crippen MR) is 73.8 cm³/mol. The van der Waals surface area contributed by atoms with Crippen molar-refractivity contribution in [3.8, 4) is 0 Å². The Balaban J connectivity index is 1.91. The van der Waals surface area contributed by atoms with Gasteiger partial charge < -0.3 is 24.8 Å². The van der Waals surface area contributed by atoms with Gasteiger partial charge in [0.15, 0.2) is 6.10 Å². The van der Waals surface area contributed by atoms with Crippen LogP contribution in [0.2, 0.25) is 0 Å². The molecule has 0 bridgehead atoms. The SMILES string of the molecule is COC1CN(c2cc3c(cc2F)C(O)C(=O)N3)CC1OC. The van der Waals surface area contributed by atoms with Crippen LogP contribution in [0.5, 0.6) is 0 Å². The molecule has 114 valence electrons. The van der Waals surface area contributed by atoms with Gasteiger partial charge in [-0.2, -0.15) is 0 Å². The van der Waals surface area contributed by atoms with E-state index in [0.29, 0.717) is 24.5 Å². The lowest BCUT2D eigenvalue weighted by Crippen LogP contribution is -2.27. The summed E-state index contributed by atoms with van der Waals surface area (Å²) in [7, 11) is 3.19. The van der Waals surface area contributed by atoms with Crippen LogP contribution >= 0.6 is 0 Å². The molecule has 2 heterocycles. The first kappa shape index (κ1) is 14.2. The fraction of sp³-hybridized carbons (Fsp3) is 0.500. The number of methoxy groups -OCH3 is 2. The minimum Gasteiger partial charge on any atom is -0.378 e. The van der Waals surface area contributed by atoms with Gasteiger partial charge >= 0.3 is 0 Å². The summed E-state index contributed by atoms with van der Waals surface area (Å²) in [4.78, 5) is 13.2. The molecule has 0 aliphatic carbocycles. The molecule has 0 radical (unpaired) electrons. The second-order valence-corrected chi connectivity index (χ2v) is 5.24. The summed E-state index contributed by atoms with van der Waals surface area (Å²) in [6.45, 7) is 1.00. The molecule has 1 aromatic carbocycles. The second-order valence-electron chi connectivity index (χ2n) is 5.24. The van der Waals surface area contributed by atoms with Crippen LogP contribution in [-0.2, 0) is 14.3 Å². The van der Waals surface area contributed by atoms with Crippen molar-refractivity contribution >= 4 is 17.3 Å². The van der Waals surface area contributed by atoms with Gasteiger partial charge in [0.05, 0.1) is 5.69 Å². The summed E-state index contributed by atoms with van der Waals surface area (Å²) in [5.74, 6) is -1.01. The molecule has 21 heavy (non-hydrogen) atoms.